The van der Waals surface area contributed by atoms with Gasteiger partial charge in [-0.15, -0.1) is 11.3 Å². The molecule has 0 radical (unpaired) electrons. The summed E-state index contributed by atoms with van der Waals surface area (Å²) in [5.74, 6) is -1.71. The van der Waals surface area contributed by atoms with Crippen LogP contribution in [0.1, 0.15) is 61.8 Å². The maximum Gasteiger partial charge on any atom is 0.331 e. The standard InChI is InChI=1S/C29H29N3O6S/c1-6-31-26-11-9-21(25(30-37-19(4)34)14-17(2)32(18(3)33)38-20(5)35)15-23(26)24-16-22(10-12-27(24)31)29(36)28-8-7-13-39-28/h7-13,15-17H,6,14H2,1-5H3/b30-25+. The maximum atomic E-state index is 13.1. The molecule has 4 rings (SSSR count). The summed E-state index contributed by atoms with van der Waals surface area (Å²) in [6, 6.07) is 14.5. The molecule has 0 spiro atoms. The van der Waals surface area contributed by atoms with E-state index >= 15 is 0 Å². The molecule has 0 saturated carbocycles. The van der Waals surface area contributed by atoms with Crippen LogP contribution in [0.3, 0.4) is 0 Å². The minimum absolute atomic E-state index is 0.0406. The van der Waals surface area contributed by atoms with Crippen LogP contribution < -0.4 is 0 Å². The molecule has 0 saturated heterocycles. The molecule has 10 heteroatoms. The van der Waals surface area contributed by atoms with E-state index < -0.39 is 23.9 Å². The van der Waals surface area contributed by atoms with E-state index in [9.17, 15) is 19.2 Å². The highest BCUT2D eigenvalue weighted by molar-refractivity contribution is 7.12. The van der Waals surface area contributed by atoms with Crippen molar-refractivity contribution in [3.8, 4) is 0 Å². The Kier molecular flexibility index (Phi) is 8.25. The van der Waals surface area contributed by atoms with Crippen LogP contribution in [0.4, 0.5) is 0 Å². The van der Waals surface area contributed by atoms with Gasteiger partial charge < -0.3 is 14.2 Å². The fourth-order valence-corrected chi connectivity index (χ4v) is 5.29. The highest BCUT2D eigenvalue weighted by Crippen LogP contribution is 2.32. The highest BCUT2D eigenvalue weighted by atomic mass is 32.1. The Morgan fingerprint density at radius 2 is 1.59 bits per heavy atom. The molecule has 0 N–H and O–H groups in total. The summed E-state index contributed by atoms with van der Waals surface area (Å²) in [6.07, 6.45) is 0.139. The van der Waals surface area contributed by atoms with Crippen LogP contribution in [-0.4, -0.2) is 45.0 Å². The quantitative estimate of drug-likeness (QED) is 0.125. The molecule has 0 aliphatic carbocycles. The summed E-state index contributed by atoms with van der Waals surface area (Å²) >= 11 is 1.40. The monoisotopic (exact) mass is 547 g/mol. The predicted octanol–water partition coefficient (Wildman–Crippen LogP) is 5.48. The van der Waals surface area contributed by atoms with Crippen molar-refractivity contribution in [3.05, 3.63) is 69.9 Å². The van der Waals surface area contributed by atoms with Crippen molar-refractivity contribution in [2.45, 2.75) is 53.6 Å². The van der Waals surface area contributed by atoms with E-state index in [1.165, 1.54) is 32.1 Å². The van der Waals surface area contributed by atoms with Crippen LogP contribution >= 0.6 is 11.3 Å². The average Bonchev–Trinajstić information content (AvgIpc) is 3.54. The topological polar surface area (TPSA) is 107 Å². The van der Waals surface area contributed by atoms with Crippen LogP contribution in [0.5, 0.6) is 0 Å². The summed E-state index contributed by atoms with van der Waals surface area (Å²) < 4.78 is 2.16. The maximum absolute atomic E-state index is 13.1. The molecule has 0 fully saturated rings. The Hall–Kier alpha value is -4.31. The minimum Gasteiger partial charge on any atom is -0.341 e. The average molecular weight is 548 g/mol. The molecule has 0 aliphatic heterocycles. The molecule has 1 atom stereocenters. The van der Waals surface area contributed by atoms with Gasteiger partial charge in [-0.1, -0.05) is 17.3 Å². The minimum atomic E-state index is -0.628. The number of ketones is 1. The van der Waals surface area contributed by atoms with Gasteiger partial charge >= 0.3 is 11.9 Å². The normalized spacial score (nSPS) is 12.4. The number of rotatable bonds is 8. The van der Waals surface area contributed by atoms with Crippen molar-refractivity contribution in [2.24, 2.45) is 5.16 Å². The molecule has 2 heterocycles. The van der Waals surface area contributed by atoms with Crippen LogP contribution in [0, 0.1) is 0 Å². The highest BCUT2D eigenvalue weighted by Gasteiger charge is 2.24. The first kappa shape index (κ1) is 27.7. The number of benzene rings is 2. The molecular formula is C29H29N3O6S. The number of nitrogens with zero attached hydrogens (tertiary/aromatic N) is 3. The molecule has 4 aromatic rings. The Morgan fingerprint density at radius 1 is 0.949 bits per heavy atom. The van der Waals surface area contributed by atoms with Crippen molar-refractivity contribution in [1.29, 1.82) is 0 Å². The van der Waals surface area contributed by atoms with Crippen molar-refractivity contribution >= 4 is 62.5 Å². The third kappa shape index (κ3) is 5.91. The van der Waals surface area contributed by atoms with Crippen LogP contribution in [0.25, 0.3) is 21.8 Å². The van der Waals surface area contributed by atoms with Crippen LogP contribution in [0.15, 0.2) is 59.1 Å². The summed E-state index contributed by atoms with van der Waals surface area (Å²) in [6.45, 7) is 8.23. The smallest absolute Gasteiger partial charge is 0.331 e. The molecule has 1 unspecified atom stereocenters. The first-order valence-corrected chi connectivity index (χ1v) is 13.4. The number of oxime groups is 1. The first-order chi connectivity index (χ1) is 18.6. The lowest BCUT2D eigenvalue weighted by molar-refractivity contribution is -0.202. The van der Waals surface area contributed by atoms with Crippen molar-refractivity contribution < 1.29 is 28.9 Å². The van der Waals surface area contributed by atoms with Gasteiger partial charge in [0.25, 0.3) is 5.91 Å². The van der Waals surface area contributed by atoms with Gasteiger partial charge in [-0.3, -0.25) is 14.4 Å². The number of fused-ring (bicyclic) bond motifs is 3. The fraction of sp³-hybridized carbons (Fsp3) is 0.276. The van der Waals surface area contributed by atoms with Crippen LogP contribution in [-0.2, 0) is 30.6 Å². The number of aromatic nitrogens is 1. The van der Waals surface area contributed by atoms with Gasteiger partial charge in [-0.2, -0.15) is 5.06 Å². The van der Waals surface area contributed by atoms with Crippen molar-refractivity contribution in [1.82, 2.24) is 9.63 Å². The molecule has 39 heavy (non-hydrogen) atoms. The number of carbonyl (C=O) groups is 4. The summed E-state index contributed by atoms with van der Waals surface area (Å²) in [5, 5.41) is 8.74. The van der Waals surface area contributed by atoms with Crippen molar-refractivity contribution in [3.63, 3.8) is 0 Å². The number of aryl methyl sites for hydroxylation is 1. The Morgan fingerprint density at radius 3 is 2.13 bits per heavy atom. The van der Waals surface area contributed by atoms with E-state index in [2.05, 4.69) is 16.6 Å². The largest absolute Gasteiger partial charge is 0.341 e. The summed E-state index contributed by atoms with van der Waals surface area (Å²) in [7, 11) is 0. The van der Waals surface area contributed by atoms with E-state index in [0.29, 0.717) is 21.7 Å². The predicted molar refractivity (Wildman–Crippen MR) is 150 cm³/mol. The summed E-state index contributed by atoms with van der Waals surface area (Å²) in [5.41, 5.74) is 3.60. The Balaban J connectivity index is 1.82. The van der Waals surface area contributed by atoms with E-state index in [1.54, 1.807) is 6.92 Å². The number of thiophene rings is 1. The van der Waals surface area contributed by atoms with E-state index in [4.69, 9.17) is 9.68 Å². The lowest BCUT2D eigenvalue weighted by atomic mass is 10.00. The van der Waals surface area contributed by atoms with Crippen LogP contribution in [0.2, 0.25) is 0 Å². The number of amides is 1. The Labute approximate surface area is 229 Å². The SMILES string of the molecule is CCn1c2ccc(C(=O)c3cccs3)cc2c2cc(/C(CC(C)N(OC(C)=O)C(C)=O)=N/OC(C)=O)ccc21. The van der Waals surface area contributed by atoms with E-state index in [1.807, 2.05) is 53.9 Å². The molecule has 0 aliphatic rings. The van der Waals surface area contributed by atoms with E-state index in [0.717, 1.165) is 33.4 Å². The Bertz CT molecular complexity index is 1600. The van der Waals surface area contributed by atoms with Crippen molar-refractivity contribution in [2.75, 3.05) is 0 Å². The molecule has 1 amide bonds. The lowest BCUT2D eigenvalue weighted by Gasteiger charge is -2.26. The molecule has 202 valence electrons. The van der Waals surface area contributed by atoms with Gasteiger partial charge in [-0.05, 0) is 55.6 Å². The lowest BCUT2D eigenvalue weighted by Crippen LogP contribution is -2.39. The molecule has 9 nitrogen and oxygen atoms in total. The molecule has 2 aromatic heterocycles. The number of hydroxylamine groups is 2. The molecule has 0 bridgehead atoms. The van der Waals surface area contributed by atoms with Gasteiger partial charge in [0.15, 0.2) is 0 Å². The first-order valence-electron chi connectivity index (χ1n) is 12.5. The number of hydrogen-bond donors (Lipinski definition) is 0. The zero-order chi connectivity index (χ0) is 28.3. The van der Waals surface area contributed by atoms with E-state index in [-0.39, 0.29) is 12.2 Å². The van der Waals surface area contributed by atoms with Gasteiger partial charge in [0.2, 0.25) is 5.78 Å². The summed E-state index contributed by atoms with van der Waals surface area (Å²) in [4.78, 5) is 59.1. The number of carbonyl (C=O) groups excluding carboxylic acids is 4. The number of hydrogen-bond acceptors (Lipinski definition) is 8. The van der Waals surface area contributed by atoms with Gasteiger partial charge in [-0.25, -0.2) is 4.79 Å². The third-order valence-corrected chi connectivity index (χ3v) is 7.10. The van der Waals surface area contributed by atoms with Gasteiger partial charge in [0.05, 0.1) is 16.6 Å². The fourth-order valence-electron chi connectivity index (χ4n) is 4.61. The molecule has 2 aromatic carbocycles. The molecular weight excluding hydrogens is 518 g/mol. The second kappa shape index (κ2) is 11.6. The zero-order valence-corrected chi connectivity index (χ0v) is 23.2. The van der Waals surface area contributed by atoms with Gasteiger partial charge in [0.1, 0.15) is 0 Å². The second-order valence-electron chi connectivity index (χ2n) is 9.12. The zero-order valence-electron chi connectivity index (χ0n) is 22.4. The third-order valence-electron chi connectivity index (χ3n) is 6.23. The second-order valence-corrected chi connectivity index (χ2v) is 10.1. The van der Waals surface area contributed by atoms with Gasteiger partial charge in [0, 0.05) is 66.7 Å².